The lowest BCUT2D eigenvalue weighted by Crippen LogP contribution is -2.52. The Bertz CT molecular complexity index is 634. The summed E-state index contributed by atoms with van der Waals surface area (Å²) < 4.78 is 22.9. The van der Waals surface area contributed by atoms with Crippen LogP contribution in [0.4, 0.5) is 5.82 Å². The molecule has 0 spiro atoms. The lowest BCUT2D eigenvalue weighted by molar-refractivity contribution is -0.891. The average molecular weight is 292 g/mol. The monoisotopic (exact) mass is 292 g/mol. The minimum absolute atomic E-state index is 0.205. The van der Waals surface area contributed by atoms with E-state index >= 15 is 0 Å². The predicted octanol–water partition coefficient (Wildman–Crippen LogP) is -1.46. The van der Waals surface area contributed by atoms with Crippen LogP contribution in [-0.2, 0) is 9.84 Å². The molecule has 11 nitrogen and oxygen atoms in total. The van der Waals surface area contributed by atoms with Crippen molar-refractivity contribution in [3.63, 3.8) is 0 Å². The van der Waals surface area contributed by atoms with Gasteiger partial charge < -0.3 is 15.6 Å². The van der Waals surface area contributed by atoms with E-state index in [0.29, 0.717) is 6.26 Å². The first kappa shape index (κ1) is 14.9. The molecule has 0 fully saturated rings. The Hall–Kier alpha value is -2.11. The number of aromatic nitrogens is 4. The maximum absolute atomic E-state index is 11.7. The Morgan fingerprint density at radius 2 is 1.84 bits per heavy atom. The molecule has 1 aromatic rings. The zero-order valence-electron chi connectivity index (χ0n) is 10.6. The summed E-state index contributed by atoms with van der Waals surface area (Å²) in [5, 5.41) is 42.3. The normalized spacial score (nSPS) is 13.6. The van der Waals surface area contributed by atoms with E-state index in [9.17, 15) is 24.0 Å². The summed E-state index contributed by atoms with van der Waals surface area (Å²) in [7, 11) is -4.07. The van der Waals surface area contributed by atoms with Crippen LogP contribution in [0, 0.1) is 15.6 Å². The van der Waals surface area contributed by atoms with Crippen molar-refractivity contribution < 1.29 is 23.1 Å². The summed E-state index contributed by atoms with van der Waals surface area (Å²) in [5.74, 6) is -0.982. The smallest absolute Gasteiger partial charge is 0.567 e. The van der Waals surface area contributed by atoms with E-state index in [1.165, 1.54) is 0 Å². The van der Waals surface area contributed by atoms with Crippen LogP contribution in [0.3, 0.4) is 0 Å². The van der Waals surface area contributed by atoms with Crippen LogP contribution in [0.5, 0.6) is 0 Å². The van der Waals surface area contributed by atoms with E-state index in [4.69, 9.17) is 0 Å². The van der Waals surface area contributed by atoms with Crippen LogP contribution >= 0.6 is 0 Å². The molecular weight excluding hydrogens is 280 g/mol. The van der Waals surface area contributed by atoms with Crippen LogP contribution in [0.2, 0.25) is 0 Å². The summed E-state index contributed by atoms with van der Waals surface area (Å²) in [6.07, 6.45) is 0.698. The molecule has 0 amide bonds. The molecule has 0 aromatic carbocycles. The van der Waals surface area contributed by atoms with Gasteiger partial charge in [-0.15, -0.1) is 0 Å². The third kappa shape index (κ3) is 3.67. The lowest BCUT2D eigenvalue weighted by atomic mass is 10.1. The van der Waals surface area contributed by atoms with Gasteiger partial charge in [0, 0.05) is 11.1 Å². The molecule has 0 radical (unpaired) electrons. The van der Waals surface area contributed by atoms with Gasteiger partial charge >= 0.3 is 16.1 Å². The Labute approximate surface area is 108 Å². The molecule has 0 aliphatic rings. The van der Waals surface area contributed by atoms with Gasteiger partial charge in [0.15, 0.2) is 0 Å². The first-order chi connectivity index (χ1) is 8.42. The zero-order chi connectivity index (χ0) is 15.0. The summed E-state index contributed by atoms with van der Waals surface area (Å²) in [6, 6.07) is 0. The van der Waals surface area contributed by atoms with Crippen LogP contribution in [0.1, 0.15) is 20.8 Å². The van der Waals surface area contributed by atoms with Crippen molar-refractivity contribution >= 4 is 15.7 Å². The summed E-state index contributed by atoms with van der Waals surface area (Å²) in [5.41, 5.74) is -0.868. The molecule has 106 valence electrons. The van der Waals surface area contributed by atoms with Crippen LogP contribution in [0.15, 0.2) is 10.1 Å². The second-order valence-corrected chi connectivity index (χ2v) is 6.59. The minimum atomic E-state index is -4.07. The van der Waals surface area contributed by atoms with Crippen LogP contribution in [0.25, 0.3) is 0 Å². The topological polar surface area (TPSA) is 152 Å². The molecule has 0 unspecified atom stereocenters. The molecule has 0 saturated heterocycles. The zero-order valence-corrected chi connectivity index (χ0v) is 11.4. The highest BCUT2D eigenvalue weighted by Gasteiger charge is 2.39. The van der Waals surface area contributed by atoms with Gasteiger partial charge in [0.1, 0.15) is 10.5 Å². The molecule has 0 aliphatic heterocycles. The number of nitrogens with zero attached hydrogens (tertiary/aromatic N) is 6. The number of rotatable bonds is 2. The highest BCUT2D eigenvalue weighted by atomic mass is 32.2. The minimum Gasteiger partial charge on any atom is -0.590 e. The molecule has 19 heavy (non-hydrogen) atoms. The van der Waals surface area contributed by atoms with E-state index in [0.717, 1.165) is 0 Å². The van der Waals surface area contributed by atoms with Gasteiger partial charge in [-0.25, -0.2) is 8.42 Å². The molecule has 1 aromatic heterocycles. The first-order valence-electron chi connectivity index (χ1n) is 4.94. The first-order valence-corrected chi connectivity index (χ1v) is 6.83. The Balaban J connectivity index is 3.65. The van der Waals surface area contributed by atoms with Gasteiger partial charge in [-0.1, -0.05) is 0 Å². The highest BCUT2D eigenvalue weighted by molar-refractivity contribution is 7.90. The van der Waals surface area contributed by atoms with Crippen LogP contribution < -0.4 is 9.80 Å². The van der Waals surface area contributed by atoms with Crippen molar-refractivity contribution in [3.05, 3.63) is 15.6 Å². The standard InChI is InChI=1S/C7H12N6O5S/c1-7(2,3)9-11(14)6-5(19(4,17)18)8-13(16)10-12(6)15/h1-4H3. The molecule has 1 heterocycles. The maximum atomic E-state index is 11.7. The van der Waals surface area contributed by atoms with Crippen molar-refractivity contribution in [2.24, 2.45) is 5.11 Å². The molecule has 1 rings (SSSR count). The molecule has 0 bridgehead atoms. The lowest BCUT2D eigenvalue weighted by Gasteiger charge is -2.08. The van der Waals surface area contributed by atoms with Gasteiger partial charge in [0.2, 0.25) is 9.84 Å². The van der Waals surface area contributed by atoms with Gasteiger partial charge in [0.25, 0.3) is 0 Å². The van der Waals surface area contributed by atoms with Crippen molar-refractivity contribution in [3.8, 4) is 0 Å². The number of hydrogen-bond acceptors (Lipinski definition) is 8. The van der Waals surface area contributed by atoms with E-state index in [-0.39, 0.29) is 4.86 Å². The molecule has 0 N–H and O–H groups in total. The second-order valence-electron chi connectivity index (χ2n) is 4.66. The number of sulfone groups is 1. The number of hydrogen-bond donors (Lipinski definition) is 0. The predicted molar refractivity (Wildman–Crippen MR) is 58.5 cm³/mol. The van der Waals surface area contributed by atoms with Crippen molar-refractivity contribution in [2.75, 3.05) is 6.26 Å². The summed E-state index contributed by atoms with van der Waals surface area (Å²) >= 11 is 0. The number of azo groups is 1. The third-order valence-electron chi connectivity index (χ3n) is 1.63. The van der Waals surface area contributed by atoms with Crippen molar-refractivity contribution in [1.29, 1.82) is 0 Å². The fraction of sp³-hybridized carbons (Fsp3) is 0.714. The van der Waals surface area contributed by atoms with Gasteiger partial charge in [0.05, 0.1) is 9.94 Å². The van der Waals surface area contributed by atoms with E-state index in [1.807, 2.05) is 0 Å². The molecular formula is C7H12N6O5S. The summed E-state index contributed by atoms with van der Waals surface area (Å²) in [4.78, 5) is -1.13. The summed E-state index contributed by atoms with van der Waals surface area (Å²) in [6.45, 7) is 4.68. The fourth-order valence-electron chi connectivity index (χ4n) is 1.05. The Morgan fingerprint density at radius 1 is 1.32 bits per heavy atom. The van der Waals surface area contributed by atoms with E-state index < -0.39 is 36.0 Å². The Kier molecular flexibility index (Phi) is 3.56. The van der Waals surface area contributed by atoms with Crippen LogP contribution in [-0.4, -0.2) is 35.4 Å². The van der Waals surface area contributed by atoms with Gasteiger partial charge in [-0.3, -0.25) is 0 Å². The van der Waals surface area contributed by atoms with E-state index in [1.54, 1.807) is 20.8 Å². The van der Waals surface area contributed by atoms with Crippen molar-refractivity contribution in [2.45, 2.75) is 31.3 Å². The highest BCUT2D eigenvalue weighted by Crippen LogP contribution is 2.17. The molecule has 0 aliphatic carbocycles. The van der Waals surface area contributed by atoms with E-state index in [2.05, 4.69) is 15.4 Å². The third-order valence-corrected chi connectivity index (χ3v) is 2.60. The molecule has 12 heteroatoms. The SMILES string of the molecule is CC(C)(C)N=[N+]([O-])c1c(S(C)(=O)=O)n[n+]([O-])n[n+]1[O-]. The van der Waals surface area contributed by atoms with Gasteiger partial charge in [-0.2, -0.15) is 0 Å². The fourth-order valence-corrected chi connectivity index (χ4v) is 1.76. The average Bonchev–Trinajstić information content (AvgIpc) is 2.11. The maximum Gasteiger partial charge on any atom is 0.567 e. The Morgan fingerprint density at radius 3 is 2.26 bits per heavy atom. The largest absolute Gasteiger partial charge is 0.590 e. The quantitative estimate of drug-likeness (QED) is 0.279. The molecule has 0 atom stereocenters. The molecule has 0 saturated carbocycles. The van der Waals surface area contributed by atoms with Crippen molar-refractivity contribution in [1.82, 2.24) is 10.3 Å². The second kappa shape index (κ2) is 4.53. The van der Waals surface area contributed by atoms with Gasteiger partial charge in [-0.05, 0) is 25.9 Å².